The first-order chi connectivity index (χ1) is 7.16. The Kier molecular flexibility index (Phi) is 3.03. The van der Waals surface area contributed by atoms with Crippen molar-refractivity contribution in [2.24, 2.45) is 0 Å². The lowest BCUT2D eigenvalue weighted by Crippen LogP contribution is -2.34. The van der Waals surface area contributed by atoms with Crippen molar-refractivity contribution >= 4 is 0 Å². The summed E-state index contributed by atoms with van der Waals surface area (Å²) in [7, 11) is 4.10. The van der Waals surface area contributed by atoms with Crippen molar-refractivity contribution < 1.29 is 4.39 Å². The number of benzene rings is 1. The monoisotopic (exact) mass is 208 g/mol. The van der Waals surface area contributed by atoms with E-state index in [1.165, 1.54) is 11.1 Å². The molecular formula is C12H17FN2. The molecule has 1 unspecified atom stereocenters. The van der Waals surface area contributed by atoms with Crippen LogP contribution in [0.3, 0.4) is 0 Å². The smallest absolute Gasteiger partial charge is 0.123 e. The number of rotatable bonds is 2. The van der Waals surface area contributed by atoms with Gasteiger partial charge in [0.15, 0.2) is 0 Å². The summed E-state index contributed by atoms with van der Waals surface area (Å²) in [5, 5.41) is 3.37. The number of likely N-dealkylation sites (N-methyl/N-ethyl adjacent to an activating group) is 1. The molecule has 2 nitrogen and oxygen atoms in total. The highest BCUT2D eigenvalue weighted by molar-refractivity contribution is 5.33. The van der Waals surface area contributed by atoms with Crippen LogP contribution in [0.4, 0.5) is 4.39 Å². The summed E-state index contributed by atoms with van der Waals surface area (Å²) in [6.07, 6.45) is 0. The van der Waals surface area contributed by atoms with Crippen LogP contribution >= 0.6 is 0 Å². The maximum Gasteiger partial charge on any atom is 0.123 e. The molecular weight excluding hydrogens is 191 g/mol. The van der Waals surface area contributed by atoms with Crippen molar-refractivity contribution in [2.75, 3.05) is 27.2 Å². The molecule has 0 spiro atoms. The first-order valence-electron chi connectivity index (χ1n) is 5.30. The van der Waals surface area contributed by atoms with Crippen molar-refractivity contribution in [1.29, 1.82) is 0 Å². The number of nitrogens with one attached hydrogen (secondary N) is 1. The van der Waals surface area contributed by atoms with Crippen LogP contribution in [0.2, 0.25) is 0 Å². The van der Waals surface area contributed by atoms with Gasteiger partial charge in [0.05, 0.1) is 0 Å². The van der Waals surface area contributed by atoms with E-state index >= 15 is 0 Å². The molecule has 1 aliphatic rings. The molecule has 3 heteroatoms. The van der Waals surface area contributed by atoms with Crippen LogP contribution in [0, 0.1) is 5.82 Å². The maximum atomic E-state index is 13.2. The third-order valence-electron chi connectivity index (χ3n) is 2.84. The standard InChI is InChI=1S/C12H17FN2/c1-15(2)8-10-7-14-6-9-3-4-11(13)5-12(9)10/h3-5,10,14H,6-8H2,1-2H3. The van der Waals surface area contributed by atoms with Crippen molar-refractivity contribution in [3.63, 3.8) is 0 Å². The number of fused-ring (bicyclic) bond motifs is 1. The van der Waals surface area contributed by atoms with E-state index in [1.54, 1.807) is 12.1 Å². The van der Waals surface area contributed by atoms with Gasteiger partial charge in [-0.05, 0) is 37.4 Å². The van der Waals surface area contributed by atoms with Crippen molar-refractivity contribution in [1.82, 2.24) is 10.2 Å². The zero-order valence-corrected chi connectivity index (χ0v) is 9.26. The van der Waals surface area contributed by atoms with Gasteiger partial charge < -0.3 is 10.2 Å². The predicted octanol–water partition coefficient (Wildman–Crippen LogP) is 1.57. The van der Waals surface area contributed by atoms with Gasteiger partial charge in [-0.15, -0.1) is 0 Å². The molecule has 0 amide bonds. The maximum absolute atomic E-state index is 13.2. The lowest BCUT2D eigenvalue weighted by atomic mass is 9.90. The Morgan fingerprint density at radius 3 is 3.00 bits per heavy atom. The molecule has 0 fully saturated rings. The van der Waals surface area contributed by atoms with Crippen molar-refractivity contribution in [2.45, 2.75) is 12.5 Å². The summed E-state index contributed by atoms with van der Waals surface area (Å²) in [5.74, 6) is 0.277. The lowest BCUT2D eigenvalue weighted by molar-refractivity contribution is 0.354. The molecule has 0 saturated carbocycles. The second kappa shape index (κ2) is 4.29. The quantitative estimate of drug-likeness (QED) is 0.793. The zero-order valence-electron chi connectivity index (χ0n) is 9.26. The molecule has 15 heavy (non-hydrogen) atoms. The Morgan fingerprint density at radius 1 is 1.47 bits per heavy atom. The molecule has 1 aromatic rings. The average Bonchev–Trinajstić information content (AvgIpc) is 2.18. The third-order valence-corrected chi connectivity index (χ3v) is 2.84. The first kappa shape index (κ1) is 10.6. The molecule has 0 aliphatic carbocycles. The van der Waals surface area contributed by atoms with Crippen LogP contribution in [-0.4, -0.2) is 32.1 Å². The van der Waals surface area contributed by atoms with Gasteiger partial charge in [0.25, 0.3) is 0 Å². The molecule has 82 valence electrons. The van der Waals surface area contributed by atoms with Crippen LogP contribution in [0.1, 0.15) is 17.0 Å². The van der Waals surface area contributed by atoms with E-state index in [9.17, 15) is 4.39 Å². The Morgan fingerprint density at radius 2 is 2.27 bits per heavy atom. The molecule has 1 aromatic carbocycles. The molecule has 0 aromatic heterocycles. The highest BCUT2D eigenvalue weighted by atomic mass is 19.1. The highest BCUT2D eigenvalue weighted by Crippen LogP contribution is 2.25. The Bertz CT molecular complexity index is 349. The third kappa shape index (κ3) is 2.36. The average molecular weight is 208 g/mol. The highest BCUT2D eigenvalue weighted by Gasteiger charge is 2.20. The van der Waals surface area contributed by atoms with Gasteiger partial charge >= 0.3 is 0 Å². The molecule has 1 atom stereocenters. The van der Waals surface area contributed by atoms with Gasteiger partial charge in [-0.25, -0.2) is 4.39 Å². The van der Waals surface area contributed by atoms with E-state index in [2.05, 4.69) is 10.2 Å². The molecule has 1 N–H and O–H groups in total. The molecule has 2 rings (SSSR count). The van der Waals surface area contributed by atoms with Gasteiger partial charge in [0.1, 0.15) is 5.82 Å². The number of hydrogen-bond donors (Lipinski definition) is 1. The second-order valence-corrected chi connectivity index (χ2v) is 4.43. The van der Waals surface area contributed by atoms with Gasteiger partial charge in [0.2, 0.25) is 0 Å². The van der Waals surface area contributed by atoms with Crippen LogP contribution in [0.25, 0.3) is 0 Å². The van der Waals surface area contributed by atoms with Gasteiger partial charge in [-0.3, -0.25) is 0 Å². The summed E-state index contributed by atoms with van der Waals surface area (Å²) >= 11 is 0. The van der Waals surface area contributed by atoms with E-state index in [0.29, 0.717) is 5.92 Å². The van der Waals surface area contributed by atoms with E-state index < -0.39 is 0 Å². The predicted molar refractivity (Wildman–Crippen MR) is 59.4 cm³/mol. The van der Waals surface area contributed by atoms with Crippen LogP contribution < -0.4 is 5.32 Å². The normalized spacial score (nSPS) is 20.4. The van der Waals surface area contributed by atoms with Gasteiger partial charge in [-0.2, -0.15) is 0 Å². The van der Waals surface area contributed by atoms with E-state index in [1.807, 2.05) is 20.2 Å². The van der Waals surface area contributed by atoms with Gasteiger partial charge in [-0.1, -0.05) is 6.07 Å². The Balaban J connectivity index is 2.28. The largest absolute Gasteiger partial charge is 0.312 e. The second-order valence-electron chi connectivity index (χ2n) is 4.43. The van der Waals surface area contributed by atoms with Crippen LogP contribution in [0.5, 0.6) is 0 Å². The topological polar surface area (TPSA) is 15.3 Å². The molecule has 0 bridgehead atoms. The van der Waals surface area contributed by atoms with E-state index in [-0.39, 0.29) is 5.82 Å². The minimum Gasteiger partial charge on any atom is -0.312 e. The number of halogens is 1. The van der Waals surface area contributed by atoms with Crippen molar-refractivity contribution in [3.8, 4) is 0 Å². The van der Waals surface area contributed by atoms with E-state index in [0.717, 1.165) is 19.6 Å². The Labute approximate surface area is 90.1 Å². The van der Waals surface area contributed by atoms with Crippen molar-refractivity contribution in [3.05, 3.63) is 35.1 Å². The summed E-state index contributed by atoms with van der Waals surface area (Å²) in [6, 6.07) is 5.11. The summed E-state index contributed by atoms with van der Waals surface area (Å²) < 4.78 is 13.2. The fraction of sp³-hybridized carbons (Fsp3) is 0.500. The van der Waals surface area contributed by atoms with Gasteiger partial charge in [0, 0.05) is 25.6 Å². The summed E-state index contributed by atoms with van der Waals surface area (Å²) in [4.78, 5) is 2.15. The fourth-order valence-corrected chi connectivity index (χ4v) is 2.20. The zero-order chi connectivity index (χ0) is 10.8. The first-order valence-corrected chi connectivity index (χ1v) is 5.30. The molecule has 1 aliphatic heterocycles. The Hall–Kier alpha value is -0.930. The van der Waals surface area contributed by atoms with Crippen LogP contribution in [-0.2, 0) is 6.54 Å². The number of hydrogen-bond acceptors (Lipinski definition) is 2. The number of nitrogens with zero attached hydrogens (tertiary/aromatic N) is 1. The summed E-state index contributed by atoms with van der Waals surface area (Å²) in [6.45, 7) is 2.76. The fourth-order valence-electron chi connectivity index (χ4n) is 2.20. The van der Waals surface area contributed by atoms with Crippen LogP contribution in [0.15, 0.2) is 18.2 Å². The SMILES string of the molecule is CN(C)CC1CNCc2ccc(F)cc21. The molecule has 1 heterocycles. The molecule has 0 saturated heterocycles. The summed E-state index contributed by atoms with van der Waals surface area (Å²) in [5.41, 5.74) is 2.40. The van der Waals surface area contributed by atoms with E-state index in [4.69, 9.17) is 0 Å². The minimum atomic E-state index is -0.126. The lowest BCUT2D eigenvalue weighted by Gasteiger charge is -2.28. The molecule has 0 radical (unpaired) electrons. The minimum absolute atomic E-state index is 0.126.